The van der Waals surface area contributed by atoms with Gasteiger partial charge in [-0.05, 0) is 58.5 Å². The summed E-state index contributed by atoms with van der Waals surface area (Å²) in [5.41, 5.74) is 1.15. The number of likely N-dealkylation sites (N-methyl/N-ethyl adjacent to an activating group) is 2. The van der Waals surface area contributed by atoms with Crippen LogP contribution in [0.25, 0.3) is 0 Å². The highest BCUT2D eigenvalue weighted by Gasteiger charge is 2.22. The van der Waals surface area contributed by atoms with Crippen molar-refractivity contribution in [2.75, 3.05) is 60.0 Å². The summed E-state index contributed by atoms with van der Waals surface area (Å²) in [5, 5.41) is 6.94. The van der Waals surface area contributed by atoms with Gasteiger partial charge in [-0.15, -0.1) is 0 Å². The van der Waals surface area contributed by atoms with Crippen LogP contribution < -0.4 is 20.1 Å². The zero-order valence-corrected chi connectivity index (χ0v) is 20.4. The van der Waals surface area contributed by atoms with E-state index in [-0.39, 0.29) is 6.04 Å². The fraction of sp³-hybridized carbons (Fsp3) is 0.708. The minimum Gasteiger partial charge on any atom is -0.490 e. The molecule has 1 saturated heterocycles. The minimum absolute atomic E-state index is 0.0914. The molecule has 1 aromatic rings. The smallest absolute Gasteiger partial charge is 0.191 e. The normalized spacial score (nSPS) is 19.2. The van der Waals surface area contributed by atoms with E-state index in [2.05, 4.69) is 74.4 Å². The molecule has 7 nitrogen and oxygen atoms in total. The zero-order valence-electron chi connectivity index (χ0n) is 20.4. The average Bonchev–Trinajstić information content (AvgIpc) is 2.77. The lowest BCUT2D eigenvalue weighted by molar-refractivity contribution is 0.119. The van der Waals surface area contributed by atoms with Crippen molar-refractivity contribution in [3.05, 3.63) is 23.8 Å². The van der Waals surface area contributed by atoms with Crippen LogP contribution in [0, 0.1) is 0 Å². The molecule has 1 aliphatic heterocycles. The van der Waals surface area contributed by atoms with E-state index < -0.39 is 0 Å². The van der Waals surface area contributed by atoms with E-state index in [1.54, 1.807) is 0 Å². The number of hydrogen-bond acceptors (Lipinski definition) is 5. The molecule has 2 N–H and O–H groups in total. The highest BCUT2D eigenvalue weighted by molar-refractivity contribution is 5.80. The molecule has 2 unspecified atom stereocenters. The van der Waals surface area contributed by atoms with Crippen LogP contribution in [-0.4, -0.2) is 81.8 Å². The van der Waals surface area contributed by atoms with Crippen LogP contribution in [0.1, 0.15) is 52.1 Å². The van der Waals surface area contributed by atoms with Crippen LogP contribution in [0.5, 0.6) is 11.5 Å². The average molecular weight is 434 g/mol. The maximum atomic E-state index is 5.97. The lowest BCUT2D eigenvalue weighted by Crippen LogP contribution is -2.51. The molecular weight excluding hydrogens is 390 g/mol. The summed E-state index contributed by atoms with van der Waals surface area (Å²) in [5.74, 6) is 2.48. The standard InChI is InChI=1S/C24H43N5O2/c1-7-14-30-22-11-10-20(16-23(22)31-15-8-2)19(4)27-24(25-9-3)26-17-21-18-28(5)12-13-29(21)6/h10-11,16,19,21H,7-9,12-15,17-18H2,1-6H3,(H2,25,26,27). The van der Waals surface area contributed by atoms with Gasteiger partial charge >= 0.3 is 0 Å². The fourth-order valence-electron chi connectivity index (χ4n) is 3.55. The van der Waals surface area contributed by atoms with Crippen molar-refractivity contribution in [3.8, 4) is 11.5 Å². The third-order valence-corrected chi connectivity index (χ3v) is 5.53. The Bertz CT molecular complexity index is 682. The fourth-order valence-corrected chi connectivity index (χ4v) is 3.55. The Hall–Kier alpha value is -1.99. The summed E-state index contributed by atoms with van der Waals surface area (Å²) >= 11 is 0. The molecular formula is C24H43N5O2. The number of piperazine rings is 1. The molecule has 0 radical (unpaired) electrons. The first-order valence-corrected chi connectivity index (χ1v) is 11.8. The highest BCUT2D eigenvalue weighted by Crippen LogP contribution is 2.31. The monoisotopic (exact) mass is 433 g/mol. The second-order valence-corrected chi connectivity index (χ2v) is 8.39. The lowest BCUT2D eigenvalue weighted by atomic mass is 10.1. The minimum atomic E-state index is 0.0914. The molecule has 31 heavy (non-hydrogen) atoms. The van der Waals surface area contributed by atoms with Gasteiger partial charge in [0.05, 0.1) is 25.8 Å². The van der Waals surface area contributed by atoms with Gasteiger partial charge in [0.25, 0.3) is 0 Å². The summed E-state index contributed by atoms with van der Waals surface area (Å²) in [4.78, 5) is 9.67. The van der Waals surface area contributed by atoms with Crippen molar-refractivity contribution in [2.24, 2.45) is 4.99 Å². The number of hydrogen-bond donors (Lipinski definition) is 2. The molecule has 1 aliphatic rings. The number of ether oxygens (including phenoxy) is 2. The Morgan fingerprint density at radius 3 is 2.48 bits per heavy atom. The first-order chi connectivity index (χ1) is 15.0. The summed E-state index contributed by atoms with van der Waals surface area (Å²) in [6, 6.07) is 6.74. The molecule has 0 aromatic heterocycles. The molecule has 2 atom stereocenters. The highest BCUT2D eigenvalue weighted by atomic mass is 16.5. The molecule has 1 aromatic carbocycles. The Balaban J connectivity index is 2.08. The van der Waals surface area contributed by atoms with E-state index in [0.717, 1.165) is 68.6 Å². The molecule has 0 amide bonds. The van der Waals surface area contributed by atoms with Crippen molar-refractivity contribution in [2.45, 2.75) is 52.6 Å². The number of guanidine groups is 1. The summed E-state index contributed by atoms with van der Waals surface area (Å²) < 4.78 is 11.8. The van der Waals surface area contributed by atoms with Crippen molar-refractivity contribution >= 4 is 5.96 Å². The SMILES string of the molecule is CCCOc1ccc(C(C)NC(=NCC2CN(C)CCN2C)NCC)cc1OCCC. The molecule has 1 fully saturated rings. The quantitative estimate of drug-likeness (QED) is 0.413. The number of benzene rings is 1. The number of nitrogens with one attached hydrogen (secondary N) is 2. The van der Waals surface area contributed by atoms with E-state index in [1.807, 2.05) is 6.07 Å². The van der Waals surface area contributed by atoms with Gasteiger partial charge in [0.1, 0.15) is 0 Å². The van der Waals surface area contributed by atoms with Gasteiger partial charge in [0, 0.05) is 32.2 Å². The largest absolute Gasteiger partial charge is 0.490 e. The van der Waals surface area contributed by atoms with E-state index >= 15 is 0 Å². The number of rotatable bonds is 11. The van der Waals surface area contributed by atoms with Gasteiger partial charge in [-0.2, -0.15) is 0 Å². The summed E-state index contributed by atoms with van der Waals surface area (Å²) in [6.07, 6.45) is 1.94. The van der Waals surface area contributed by atoms with Crippen LogP contribution in [0.15, 0.2) is 23.2 Å². The Kier molecular flexibility index (Phi) is 10.9. The number of aliphatic imine (C=N–C) groups is 1. The Morgan fingerprint density at radius 1 is 1.10 bits per heavy atom. The van der Waals surface area contributed by atoms with Crippen molar-refractivity contribution < 1.29 is 9.47 Å². The number of nitrogens with zero attached hydrogens (tertiary/aromatic N) is 3. The molecule has 0 spiro atoms. The van der Waals surface area contributed by atoms with Crippen molar-refractivity contribution in [1.82, 2.24) is 20.4 Å². The predicted molar refractivity (Wildman–Crippen MR) is 129 cm³/mol. The lowest BCUT2D eigenvalue weighted by Gasteiger charge is -2.37. The summed E-state index contributed by atoms with van der Waals surface area (Å²) in [6.45, 7) is 14.7. The second kappa shape index (κ2) is 13.4. The maximum Gasteiger partial charge on any atom is 0.191 e. The van der Waals surface area contributed by atoms with E-state index in [9.17, 15) is 0 Å². The topological polar surface area (TPSA) is 61.4 Å². The van der Waals surface area contributed by atoms with Gasteiger partial charge in [0.2, 0.25) is 0 Å². The molecule has 2 rings (SSSR count). The van der Waals surface area contributed by atoms with Gasteiger partial charge < -0.3 is 25.0 Å². The van der Waals surface area contributed by atoms with E-state index in [0.29, 0.717) is 19.3 Å². The van der Waals surface area contributed by atoms with Crippen molar-refractivity contribution in [1.29, 1.82) is 0 Å². The van der Waals surface area contributed by atoms with E-state index in [1.165, 1.54) is 0 Å². The van der Waals surface area contributed by atoms with Gasteiger partial charge in [-0.3, -0.25) is 9.89 Å². The molecule has 176 valence electrons. The Labute approximate surface area is 189 Å². The predicted octanol–water partition coefficient (Wildman–Crippen LogP) is 3.13. The van der Waals surface area contributed by atoms with Gasteiger partial charge in [0.15, 0.2) is 17.5 Å². The van der Waals surface area contributed by atoms with Gasteiger partial charge in [-0.25, -0.2) is 0 Å². The van der Waals surface area contributed by atoms with E-state index in [4.69, 9.17) is 14.5 Å². The summed E-state index contributed by atoms with van der Waals surface area (Å²) in [7, 11) is 4.37. The van der Waals surface area contributed by atoms with Crippen LogP contribution in [0.3, 0.4) is 0 Å². The molecule has 1 heterocycles. The third-order valence-electron chi connectivity index (χ3n) is 5.53. The molecule has 0 bridgehead atoms. The van der Waals surface area contributed by atoms with Crippen LogP contribution in [0.4, 0.5) is 0 Å². The van der Waals surface area contributed by atoms with Crippen LogP contribution in [-0.2, 0) is 0 Å². The molecule has 7 heteroatoms. The Morgan fingerprint density at radius 2 is 1.81 bits per heavy atom. The first kappa shape index (κ1) is 25.3. The molecule has 0 saturated carbocycles. The van der Waals surface area contributed by atoms with Gasteiger partial charge in [-0.1, -0.05) is 19.9 Å². The maximum absolute atomic E-state index is 5.97. The second-order valence-electron chi connectivity index (χ2n) is 8.39. The first-order valence-electron chi connectivity index (χ1n) is 11.8. The van der Waals surface area contributed by atoms with Crippen LogP contribution >= 0.6 is 0 Å². The zero-order chi connectivity index (χ0) is 22.6. The van der Waals surface area contributed by atoms with Crippen molar-refractivity contribution in [3.63, 3.8) is 0 Å². The molecule has 0 aliphatic carbocycles. The third kappa shape index (κ3) is 8.22. The van der Waals surface area contributed by atoms with Crippen LogP contribution in [0.2, 0.25) is 0 Å².